The molecule has 178 valence electrons. The second-order valence-electron chi connectivity index (χ2n) is 9.30. The Labute approximate surface area is 203 Å². The summed E-state index contributed by atoms with van der Waals surface area (Å²) in [5.41, 5.74) is 4.61. The monoisotopic (exact) mass is 469 g/mol. The lowest BCUT2D eigenvalue weighted by molar-refractivity contribution is -0.240. The number of aryl methyl sites for hydroxylation is 1. The van der Waals surface area contributed by atoms with Gasteiger partial charge in [-0.1, -0.05) is 66.2 Å². The average molecular weight is 470 g/mol. The number of nitrogens with one attached hydrogen (secondary N) is 1. The maximum atomic E-state index is 13.2. The van der Waals surface area contributed by atoms with Gasteiger partial charge in [-0.3, -0.25) is 9.59 Å². The van der Waals surface area contributed by atoms with Crippen molar-refractivity contribution in [1.29, 1.82) is 0 Å². The van der Waals surface area contributed by atoms with Crippen molar-refractivity contribution in [3.05, 3.63) is 101 Å². The van der Waals surface area contributed by atoms with Gasteiger partial charge in [0.15, 0.2) is 5.92 Å². The number of aromatic amines is 1. The van der Waals surface area contributed by atoms with Crippen LogP contribution >= 0.6 is 0 Å². The van der Waals surface area contributed by atoms with Crippen LogP contribution in [-0.2, 0) is 25.7 Å². The number of benzene rings is 3. The molecule has 0 saturated carbocycles. The number of hydrogen-bond acceptors (Lipinski definition) is 5. The van der Waals surface area contributed by atoms with Gasteiger partial charge in [0.05, 0.1) is 0 Å². The van der Waals surface area contributed by atoms with Crippen molar-refractivity contribution in [2.24, 2.45) is 5.92 Å². The van der Waals surface area contributed by atoms with E-state index in [1.165, 1.54) is 5.56 Å². The predicted molar refractivity (Wildman–Crippen MR) is 132 cm³/mol. The third-order valence-electron chi connectivity index (χ3n) is 6.26. The average Bonchev–Trinajstić information content (AvgIpc) is 3.24. The van der Waals surface area contributed by atoms with Crippen molar-refractivity contribution in [3.63, 3.8) is 0 Å². The van der Waals surface area contributed by atoms with Crippen LogP contribution in [0, 0.1) is 12.8 Å². The lowest BCUT2D eigenvalue weighted by Gasteiger charge is -2.36. The smallest absolute Gasteiger partial charge is 0.324 e. The summed E-state index contributed by atoms with van der Waals surface area (Å²) in [5, 5.41) is 0.913. The number of carbonyl (C=O) groups excluding carboxylic acids is 2. The fourth-order valence-corrected chi connectivity index (χ4v) is 4.59. The number of ether oxygens (including phenoxy) is 3. The molecule has 6 nitrogen and oxygen atoms in total. The van der Waals surface area contributed by atoms with Gasteiger partial charge in [-0.25, -0.2) is 0 Å². The van der Waals surface area contributed by atoms with Crippen LogP contribution in [0.1, 0.15) is 42.0 Å². The molecule has 1 N–H and O–H groups in total. The first-order chi connectivity index (χ1) is 16.8. The van der Waals surface area contributed by atoms with E-state index in [1.54, 1.807) is 13.8 Å². The van der Waals surface area contributed by atoms with Gasteiger partial charge in [-0.15, -0.1) is 0 Å². The number of rotatable bonds is 6. The third kappa shape index (κ3) is 4.52. The second kappa shape index (κ2) is 8.95. The molecular weight excluding hydrogens is 442 g/mol. The van der Waals surface area contributed by atoms with Crippen molar-refractivity contribution < 1.29 is 23.8 Å². The molecule has 2 heterocycles. The van der Waals surface area contributed by atoms with Crippen molar-refractivity contribution in [3.8, 4) is 5.75 Å². The zero-order valence-electron chi connectivity index (χ0n) is 19.9. The van der Waals surface area contributed by atoms with Gasteiger partial charge in [0.1, 0.15) is 12.4 Å². The molecule has 1 aromatic heterocycles. The Hall–Kier alpha value is -4.06. The van der Waals surface area contributed by atoms with E-state index in [0.29, 0.717) is 17.9 Å². The Bertz CT molecular complexity index is 1370. The number of fused-ring (bicyclic) bond motifs is 1. The fourth-order valence-electron chi connectivity index (χ4n) is 4.59. The zero-order chi connectivity index (χ0) is 24.6. The molecule has 3 aromatic carbocycles. The molecule has 5 rings (SSSR count). The molecule has 1 atom stereocenters. The molecule has 0 unspecified atom stereocenters. The number of esters is 2. The zero-order valence-corrected chi connectivity index (χ0v) is 19.9. The summed E-state index contributed by atoms with van der Waals surface area (Å²) in [4.78, 5) is 29.7. The summed E-state index contributed by atoms with van der Waals surface area (Å²) < 4.78 is 17.3. The lowest BCUT2D eigenvalue weighted by atomic mass is 9.79. The first kappa shape index (κ1) is 22.7. The lowest BCUT2D eigenvalue weighted by Crippen LogP contribution is -2.48. The Balaban J connectivity index is 1.60. The molecule has 0 aliphatic carbocycles. The highest BCUT2D eigenvalue weighted by atomic mass is 16.7. The number of H-pyrrole nitrogens is 1. The van der Waals surface area contributed by atoms with Crippen LogP contribution in [0.5, 0.6) is 5.75 Å². The minimum absolute atomic E-state index is 0.352. The molecule has 0 spiro atoms. The van der Waals surface area contributed by atoms with E-state index in [0.717, 1.165) is 22.0 Å². The van der Waals surface area contributed by atoms with Gasteiger partial charge >= 0.3 is 11.9 Å². The molecule has 0 radical (unpaired) electrons. The van der Waals surface area contributed by atoms with Crippen LogP contribution in [0.4, 0.5) is 0 Å². The van der Waals surface area contributed by atoms with Crippen LogP contribution < -0.4 is 4.74 Å². The third-order valence-corrected chi connectivity index (χ3v) is 6.26. The quantitative estimate of drug-likeness (QED) is 0.292. The molecule has 1 fully saturated rings. The van der Waals surface area contributed by atoms with E-state index in [2.05, 4.69) is 4.98 Å². The van der Waals surface area contributed by atoms with Crippen LogP contribution in [0.3, 0.4) is 0 Å². The number of hydrogen-bond donors (Lipinski definition) is 1. The Morgan fingerprint density at radius 1 is 0.886 bits per heavy atom. The topological polar surface area (TPSA) is 77.6 Å². The fraction of sp³-hybridized carbons (Fsp3) is 0.241. The molecule has 1 saturated heterocycles. The molecule has 6 heteroatoms. The highest BCUT2D eigenvalue weighted by Gasteiger charge is 2.49. The normalized spacial score (nSPS) is 16.5. The van der Waals surface area contributed by atoms with Gasteiger partial charge in [0.25, 0.3) is 5.79 Å². The highest BCUT2D eigenvalue weighted by Crippen LogP contribution is 2.43. The van der Waals surface area contributed by atoms with Crippen molar-refractivity contribution in [1.82, 2.24) is 4.98 Å². The summed E-state index contributed by atoms with van der Waals surface area (Å²) in [6.07, 6.45) is 1.84. The van der Waals surface area contributed by atoms with Gasteiger partial charge in [-0.05, 0) is 30.2 Å². The summed E-state index contributed by atoms with van der Waals surface area (Å²) in [7, 11) is 0. The molecule has 0 amide bonds. The number of aromatic nitrogens is 1. The highest BCUT2D eigenvalue weighted by molar-refractivity contribution is 5.99. The van der Waals surface area contributed by atoms with Gasteiger partial charge in [0, 0.05) is 42.4 Å². The Morgan fingerprint density at radius 3 is 2.29 bits per heavy atom. The number of para-hydroxylation sites is 2. The molecule has 1 aliphatic rings. The van der Waals surface area contributed by atoms with E-state index in [1.807, 2.05) is 85.9 Å². The van der Waals surface area contributed by atoms with E-state index in [-0.39, 0.29) is 0 Å². The van der Waals surface area contributed by atoms with E-state index < -0.39 is 29.6 Å². The summed E-state index contributed by atoms with van der Waals surface area (Å²) in [6.45, 7) is 5.50. The molecule has 4 aromatic rings. The first-order valence-electron chi connectivity index (χ1n) is 11.6. The summed E-state index contributed by atoms with van der Waals surface area (Å²) in [5.74, 6) is -3.79. The first-order valence-corrected chi connectivity index (χ1v) is 11.6. The molecular formula is C29H27NO5. The minimum Gasteiger partial charge on any atom is -0.489 e. The van der Waals surface area contributed by atoms with Crippen LogP contribution in [0.15, 0.2) is 79.0 Å². The predicted octanol–water partition coefficient (Wildman–Crippen LogP) is 5.64. The van der Waals surface area contributed by atoms with Crippen LogP contribution in [0.25, 0.3) is 10.9 Å². The second-order valence-corrected chi connectivity index (χ2v) is 9.30. The minimum atomic E-state index is -1.31. The van der Waals surface area contributed by atoms with Gasteiger partial charge in [-0.2, -0.15) is 0 Å². The van der Waals surface area contributed by atoms with Gasteiger partial charge in [0.2, 0.25) is 0 Å². The van der Waals surface area contributed by atoms with Crippen LogP contribution in [-0.4, -0.2) is 22.7 Å². The standard InChI is InChI=1S/C29H27NO5/c1-18-12-14-19(15-13-18)17-33-24-11-7-5-9-21(24)25(22-16-30-23-10-6-4-8-20(22)23)26-27(31)34-29(2,3)35-28(26)32/h4-16,25-26,30H,17H2,1-3H3/t25-/m1/s1. The maximum absolute atomic E-state index is 13.2. The van der Waals surface area contributed by atoms with Crippen molar-refractivity contribution in [2.75, 3.05) is 0 Å². The van der Waals surface area contributed by atoms with Gasteiger partial charge < -0.3 is 19.2 Å². The SMILES string of the molecule is Cc1ccc(COc2ccccc2[C@H](c2c[nH]c3ccccc23)C2C(=O)OC(C)(C)OC2=O)cc1. The van der Waals surface area contributed by atoms with Crippen molar-refractivity contribution >= 4 is 22.8 Å². The van der Waals surface area contributed by atoms with Crippen molar-refractivity contribution in [2.45, 2.75) is 39.1 Å². The largest absolute Gasteiger partial charge is 0.489 e. The number of carbonyl (C=O) groups is 2. The maximum Gasteiger partial charge on any atom is 0.324 e. The summed E-state index contributed by atoms with van der Waals surface area (Å²) in [6, 6.07) is 23.4. The van der Waals surface area contributed by atoms with E-state index in [4.69, 9.17) is 14.2 Å². The summed E-state index contributed by atoms with van der Waals surface area (Å²) >= 11 is 0. The van der Waals surface area contributed by atoms with Crippen LogP contribution in [0.2, 0.25) is 0 Å². The Kier molecular flexibility index (Phi) is 5.81. The Morgan fingerprint density at radius 2 is 1.54 bits per heavy atom. The molecule has 1 aliphatic heterocycles. The number of cyclic esters (lactones) is 2. The molecule has 0 bridgehead atoms. The van der Waals surface area contributed by atoms with E-state index in [9.17, 15) is 9.59 Å². The van der Waals surface area contributed by atoms with E-state index >= 15 is 0 Å². The molecule has 35 heavy (non-hydrogen) atoms.